The fraction of sp³-hybridized carbons (Fsp3) is 0.231. The molecule has 5 rings (SSSR count). The summed E-state index contributed by atoms with van der Waals surface area (Å²) in [5.41, 5.74) is 4.29. The summed E-state index contributed by atoms with van der Waals surface area (Å²) < 4.78 is 7.82. The number of carbonyl (C=O) groups excluding carboxylic acids is 1. The molecule has 1 amide bonds. The molecule has 1 saturated heterocycles. The van der Waals surface area contributed by atoms with Crippen LogP contribution in [0.4, 0.5) is 0 Å². The van der Waals surface area contributed by atoms with Crippen molar-refractivity contribution in [1.82, 2.24) is 14.5 Å². The summed E-state index contributed by atoms with van der Waals surface area (Å²) in [6, 6.07) is 26.4. The van der Waals surface area contributed by atoms with Gasteiger partial charge >= 0.3 is 0 Å². The molecule has 2 heterocycles. The highest BCUT2D eigenvalue weighted by atomic mass is 16.5. The number of imidazole rings is 1. The lowest BCUT2D eigenvalue weighted by Gasteiger charge is -2.18. The monoisotopic (exact) mass is 411 g/mol. The number of fused-ring (bicyclic) bond motifs is 1. The number of carbonyl (C=O) groups is 1. The van der Waals surface area contributed by atoms with Crippen LogP contribution in [0.1, 0.15) is 29.3 Å². The Morgan fingerprint density at radius 1 is 0.935 bits per heavy atom. The second kappa shape index (κ2) is 8.26. The van der Waals surface area contributed by atoms with Gasteiger partial charge in [-0.15, -0.1) is 0 Å². The lowest BCUT2D eigenvalue weighted by atomic mass is 10.1. The van der Waals surface area contributed by atoms with Crippen LogP contribution in [0, 0.1) is 0 Å². The zero-order chi connectivity index (χ0) is 21.2. The van der Waals surface area contributed by atoms with Crippen LogP contribution in [0.15, 0.2) is 78.9 Å². The Morgan fingerprint density at radius 3 is 2.52 bits per heavy atom. The maximum absolute atomic E-state index is 12.8. The van der Waals surface area contributed by atoms with E-state index in [1.165, 1.54) is 0 Å². The minimum absolute atomic E-state index is 0.0679. The van der Waals surface area contributed by atoms with Crippen LogP contribution in [0.3, 0.4) is 0 Å². The third kappa shape index (κ3) is 3.79. The summed E-state index contributed by atoms with van der Waals surface area (Å²) in [7, 11) is 1.70. The second-order valence-electron chi connectivity index (χ2n) is 8.02. The summed E-state index contributed by atoms with van der Waals surface area (Å²) >= 11 is 0. The minimum Gasteiger partial charge on any atom is -0.496 e. The summed E-state index contributed by atoms with van der Waals surface area (Å²) in [5.74, 6) is 2.08. The Labute approximate surface area is 181 Å². The molecular formula is C26H25N3O2. The van der Waals surface area contributed by atoms with E-state index in [-0.39, 0.29) is 11.8 Å². The fourth-order valence-corrected chi connectivity index (χ4v) is 4.48. The molecule has 3 aromatic carbocycles. The van der Waals surface area contributed by atoms with E-state index in [0.717, 1.165) is 33.7 Å². The van der Waals surface area contributed by atoms with Crippen molar-refractivity contribution < 1.29 is 9.53 Å². The van der Waals surface area contributed by atoms with Gasteiger partial charge < -0.3 is 14.2 Å². The molecule has 5 heteroatoms. The molecule has 0 aliphatic carbocycles. The molecule has 0 radical (unpaired) electrons. The average Bonchev–Trinajstić information content (AvgIpc) is 3.35. The van der Waals surface area contributed by atoms with Crippen molar-refractivity contribution in [2.24, 2.45) is 0 Å². The molecule has 0 bridgehead atoms. The fourth-order valence-electron chi connectivity index (χ4n) is 4.48. The lowest BCUT2D eigenvalue weighted by molar-refractivity contribution is -0.128. The molecule has 0 saturated carbocycles. The van der Waals surface area contributed by atoms with Crippen molar-refractivity contribution >= 4 is 16.9 Å². The molecule has 1 atom stereocenters. The number of rotatable bonds is 6. The van der Waals surface area contributed by atoms with Gasteiger partial charge in [0.15, 0.2) is 0 Å². The van der Waals surface area contributed by atoms with E-state index in [0.29, 0.717) is 26.1 Å². The van der Waals surface area contributed by atoms with Gasteiger partial charge in [-0.25, -0.2) is 4.98 Å². The van der Waals surface area contributed by atoms with Crippen LogP contribution in [-0.2, 0) is 17.9 Å². The molecule has 0 spiro atoms. The highest BCUT2D eigenvalue weighted by Crippen LogP contribution is 2.32. The maximum atomic E-state index is 12.8. The van der Waals surface area contributed by atoms with Crippen molar-refractivity contribution in [3.63, 3.8) is 0 Å². The third-order valence-electron chi connectivity index (χ3n) is 6.00. The molecule has 4 aromatic rings. The maximum Gasteiger partial charge on any atom is 0.223 e. The summed E-state index contributed by atoms with van der Waals surface area (Å²) in [4.78, 5) is 19.7. The van der Waals surface area contributed by atoms with Crippen LogP contribution in [0.5, 0.6) is 5.75 Å². The van der Waals surface area contributed by atoms with E-state index in [9.17, 15) is 4.79 Å². The number of methoxy groups -OCH3 is 1. The number of hydrogen-bond acceptors (Lipinski definition) is 3. The van der Waals surface area contributed by atoms with Gasteiger partial charge in [-0.2, -0.15) is 0 Å². The zero-order valence-corrected chi connectivity index (χ0v) is 17.6. The van der Waals surface area contributed by atoms with E-state index in [4.69, 9.17) is 9.72 Å². The van der Waals surface area contributed by atoms with Crippen molar-refractivity contribution in [2.75, 3.05) is 13.7 Å². The average molecular weight is 412 g/mol. The van der Waals surface area contributed by atoms with Gasteiger partial charge in [0, 0.05) is 31.0 Å². The SMILES string of the molecule is COc1ccccc1Cn1c([C@@H]2CC(=O)N(Cc3ccccc3)C2)nc2ccccc21. The Hall–Kier alpha value is -3.60. The van der Waals surface area contributed by atoms with Crippen LogP contribution in [-0.4, -0.2) is 34.0 Å². The summed E-state index contributed by atoms with van der Waals surface area (Å²) in [6.45, 7) is 1.98. The molecule has 1 aliphatic rings. The Bertz CT molecular complexity index is 1220. The molecule has 1 fully saturated rings. The highest BCUT2D eigenvalue weighted by Gasteiger charge is 2.34. The third-order valence-corrected chi connectivity index (χ3v) is 6.00. The van der Waals surface area contributed by atoms with Gasteiger partial charge in [0.25, 0.3) is 0 Å². The van der Waals surface area contributed by atoms with Crippen LogP contribution < -0.4 is 4.74 Å². The molecule has 156 valence electrons. The Kier molecular flexibility index (Phi) is 5.16. The first-order valence-corrected chi connectivity index (χ1v) is 10.6. The molecule has 1 aliphatic heterocycles. The second-order valence-corrected chi connectivity index (χ2v) is 8.02. The first kappa shape index (κ1) is 19.4. The Balaban J connectivity index is 1.48. The first-order valence-electron chi connectivity index (χ1n) is 10.6. The largest absolute Gasteiger partial charge is 0.496 e. The minimum atomic E-state index is 0.0679. The van der Waals surface area contributed by atoms with Gasteiger partial charge in [-0.3, -0.25) is 4.79 Å². The van der Waals surface area contributed by atoms with Gasteiger partial charge in [0.1, 0.15) is 11.6 Å². The summed E-state index contributed by atoms with van der Waals surface area (Å²) in [5, 5.41) is 0. The zero-order valence-electron chi connectivity index (χ0n) is 17.6. The van der Waals surface area contributed by atoms with Gasteiger partial charge in [-0.1, -0.05) is 60.7 Å². The van der Waals surface area contributed by atoms with E-state index in [2.05, 4.69) is 28.8 Å². The quantitative estimate of drug-likeness (QED) is 0.466. The topological polar surface area (TPSA) is 47.4 Å². The molecule has 31 heavy (non-hydrogen) atoms. The van der Waals surface area contributed by atoms with E-state index >= 15 is 0 Å². The highest BCUT2D eigenvalue weighted by molar-refractivity contribution is 5.81. The van der Waals surface area contributed by atoms with E-state index in [1.807, 2.05) is 59.5 Å². The number of amides is 1. The van der Waals surface area contributed by atoms with E-state index in [1.54, 1.807) is 7.11 Å². The molecule has 1 aromatic heterocycles. The standard InChI is InChI=1S/C26H25N3O2/c1-31-24-14-8-5-11-20(24)18-29-23-13-7-6-12-22(23)27-26(29)21-15-25(30)28(17-21)16-19-9-3-2-4-10-19/h2-14,21H,15-18H2,1H3/t21-/m1/s1. The van der Waals surface area contributed by atoms with Crippen molar-refractivity contribution in [3.05, 3.63) is 95.8 Å². The molecule has 0 N–H and O–H groups in total. The van der Waals surface area contributed by atoms with Crippen LogP contribution >= 0.6 is 0 Å². The number of para-hydroxylation sites is 3. The van der Waals surface area contributed by atoms with Crippen molar-refractivity contribution in [3.8, 4) is 5.75 Å². The summed E-state index contributed by atoms with van der Waals surface area (Å²) in [6.07, 6.45) is 0.488. The first-order chi connectivity index (χ1) is 15.2. The number of likely N-dealkylation sites (tertiary alicyclic amines) is 1. The molecule has 0 unspecified atom stereocenters. The van der Waals surface area contributed by atoms with Crippen molar-refractivity contribution in [1.29, 1.82) is 0 Å². The van der Waals surface area contributed by atoms with Gasteiger partial charge in [-0.05, 0) is 23.8 Å². The van der Waals surface area contributed by atoms with Crippen molar-refractivity contribution in [2.45, 2.75) is 25.4 Å². The van der Waals surface area contributed by atoms with Gasteiger partial charge in [0.2, 0.25) is 5.91 Å². The number of ether oxygens (including phenoxy) is 1. The van der Waals surface area contributed by atoms with Gasteiger partial charge in [0.05, 0.1) is 24.7 Å². The molecule has 5 nitrogen and oxygen atoms in total. The normalized spacial score (nSPS) is 16.2. The number of nitrogens with zero attached hydrogens (tertiary/aromatic N) is 3. The smallest absolute Gasteiger partial charge is 0.223 e. The number of hydrogen-bond donors (Lipinski definition) is 0. The number of aromatic nitrogens is 2. The predicted molar refractivity (Wildman–Crippen MR) is 121 cm³/mol. The van der Waals surface area contributed by atoms with Crippen LogP contribution in [0.2, 0.25) is 0 Å². The number of benzene rings is 3. The van der Waals surface area contributed by atoms with E-state index < -0.39 is 0 Å². The lowest BCUT2D eigenvalue weighted by Crippen LogP contribution is -2.24. The molecular weight excluding hydrogens is 386 g/mol. The predicted octanol–water partition coefficient (Wildman–Crippen LogP) is 4.61. The van der Waals surface area contributed by atoms with Crippen LogP contribution in [0.25, 0.3) is 11.0 Å². The Morgan fingerprint density at radius 2 is 1.68 bits per heavy atom.